The van der Waals surface area contributed by atoms with Crippen LogP contribution >= 0.6 is 0 Å². The van der Waals surface area contributed by atoms with Gasteiger partial charge >= 0.3 is 6.18 Å². The van der Waals surface area contributed by atoms with E-state index >= 15 is 0 Å². The van der Waals surface area contributed by atoms with Crippen molar-refractivity contribution in [2.75, 3.05) is 0 Å². The van der Waals surface area contributed by atoms with Gasteiger partial charge in [0.1, 0.15) is 11.2 Å². The van der Waals surface area contributed by atoms with Crippen LogP contribution in [0.5, 0.6) is 0 Å². The maximum absolute atomic E-state index is 14.8. The van der Waals surface area contributed by atoms with Crippen LogP contribution in [0.3, 0.4) is 0 Å². The van der Waals surface area contributed by atoms with Crippen LogP contribution in [0.4, 0.5) is 17.6 Å². The lowest BCUT2D eigenvalue weighted by atomic mass is 9.83. The molecule has 4 heteroatoms. The first kappa shape index (κ1) is 20.3. The molecule has 4 aromatic carbocycles. The summed E-state index contributed by atoms with van der Waals surface area (Å²) >= 11 is 0. The molecule has 1 unspecified atom stereocenters. The van der Waals surface area contributed by atoms with Crippen molar-refractivity contribution in [2.24, 2.45) is 0 Å². The van der Waals surface area contributed by atoms with E-state index in [1.807, 2.05) is 30.3 Å². The van der Waals surface area contributed by atoms with Crippen molar-refractivity contribution in [2.45, 2.75) is 11.6 Å². The molecule has 32 heavy (non-hydrogen) atoms. The summed E-state index contributed by atoms with van der Waals surface area (Å²) < 4.78 is 58.0. The van der Waals surface area contributed by atoms with Crippen molar-refractivity contribution in [1.29, 1.82) is 0 Å². The number of hydrogen-bond donors (Lipinski definition) is 0. The number of alkyl halides is 3. The Bertz CT molecular complexity index is 1270. The van der Waals surface area contributed by atoms with Gasteiger partial charge in [-0.1, -0.05) is 97.1 Å². The largest absolute Gasteiger partial charge is 0.406 e. The standard InChI is InChI=1S/C28H18F4/c29-24-17-13-22(14-18-24)26-25(21-9-5-2-6-10-21)27(26,28(30,31)32)23-15-11-20(12-16-23)19-7-3-1-4-8-19/h1-18H. The van der Waals surface area contributed by atoms with Gasteiger partial charge in [0.05, 0.1) is 0 Å². The molecule has 5 rings (SSSR count). The molecule has 1 aliphatic carbocycles. The van der Waals surface area contributed by atoms with E-state index in [1.165, 1.54) is 24.3 Å². The molecule has 4 aromatic rings. The van der Waals surface area contributed by atoms with E-state index in [-0.39, 0.29) is 16.7 Å². The zero-order chi connectivity index (χ0) is 22.3. The molecule has 0 amide bonds. The summed E-state index contributed by atoms with van der Waals surface area (Å²) in [6, 6.07) is 29.9. The van der Waals surface area contributed by atoms with Gasteiger partial charge in [0.25, 0.3) is 0 Å². The van der Waals surface area contributed by atoms with Gasteiger partial charge in [-0.05, 0) is 51.1 Å². The average molecular weight is 430 g/mol. The fourth-order valence-electron chi connectivity index (χ4n) is 4.50. The van der Waals surface area contributed by atoms with Crippen LogP contribution in [0.15, 0.2) is 109 Å². The normalized spacial score (nSPS) is 18.0. The Hall–Kier alpha value is -3.66. The van der Waals surface area contributed by atoms with Crippen molar-refractivity contribution >= 4 is 11.1 Å². The third-order valence-corrected chi connectivity index (χ3v) is 5.98. The molecule has 0 radical (unpaired) electrons. The smallest absolute Gasteiger partial charge is 0.207 e. The summed E-state index contributed by atoms with van der Waals surface area (Å²) in [5, 5.41) is 0. The number of allylic oxidation sites excluding steroid dienone is 2. The minimum absolute atomic E-state index is 0.155. The summed E-state index contributed by atoms with van der Waals surface area (Å²) in [7, 11) is 0. The molecule has 0 nitrogen and oxygen atoms in total. The van der Waals surface area contributed by atoms with Crippen LogP contribution in [0.1, 0.15) is 16.7 Å². The highest BCUT2D eigenvalue weighted by Gasteiger charge is 2.71. The van der Waals surface area contributed by atoms with Crippen molar-refractivity contribution in [3.05, 3.63) is 132 Å². The summed E-state index contributed by atoms with van der Waals surface area (Å²) in [6.45, 7) is 0. The van der Waals surface area contributed by atoms with Gasteiger partial charge in [-0.2, -0.15) is 13.2 Å². The lowest BCUT2D eigenvalue weighted by Crippen LogP contribution is -2.33. The summed E-state index contributed by atoms with van der Waals surface area (Å²) in [6.07, 6.45) is -4.56. The van der Waals surface area contributed by atoms with Crippen LogP contribution in [-0.2, 0) is 5.41 Å². The van der Waals surface area contributed by atoms with E-state index in [0.717, 1.165) is 11.1 Å². The zero-order valence-corrected chi connectivity index (χ0v) is 16.9. The Kier molecular flexibility index (Phi) is 4.74. The fourth-order valence-corrected chi connectivity index (χ4v) is 4.50. The molecule has 0 N–H and O–H groups in total. The van der Waals surface area contributed by atoms with Crippen LogP contribution < -0.4 is 0 Å². The van der Waals surface area contributed by atoms with Gasteiger partial charge in [-0.3, -0.25) is 0 Å². The highest BCUT2D eigenvalue weighted by atomic mass is 19.4. The summed E-state index contributed by atoms with van der Waals surface area (Å²) in [5.41, 5.74) is 0.964. The molecule has 0 bridgehead atoms. The van der Waals surface area contributed by atoms with E-state index in [2.05, 4.69) is 0 Å². The maximum atomic E-state index is 14.8. The fraction of sp³-hybridized carbons (Fsp3) is 0.0714. The van der Waals surface area contributed by atoms with E-state index in [1.54, 1.807) is 54.6 Å². The lowest BCUT2D eigenvalue weighted by Gasteiger charge is -2.25. The highest BCUT2D eigenvalue weighted by Crippen LogP contribution is 2.71. The molecule has 1 atom stereocenters. The average Bonchev–Trinajstić information content (AvgIpc) is 3.53. The summed E-state index contributed by atoms with van der Waals surface area (Å²) in [4.78, 5) is 0. The second kappa shape index (κ2) is 7.49. The summed E-state index contributed by atoms with van der Waals surface area (Å²) in [5.74, 6) is -0.485. The quantitative estimate of drug-likeness (QED) is 0.289. The first-order chi connectivity index (χ1) is 15.4. The van der Waals surface area contributed by atoms with Crippen molar-refractivity contribution in [3.63, 3.8) is 0 Å². The molecule has 0 heterocycles. The number of halogens is 4. The number of rotatable bonds is 4. The highest BCUT2D eigenvalue weighted by molar-refractivity contribution is 6.20. The van der Waals surface area contributed by atoms with Crippen molar-refractivity contribution < 1.29 is 17.6 Å². The molecule has 0 aromatic heterocycles. The molecule has 0 saturated carbocycles. The Balaban J connectivity index is 1.68. The Morgan fingerprint density at radius 3 is 1.38 bits per heavy atom. The topological polar surface area (TPSA) is 0 Å². The van der Waals surface area contributed by atoms with Crippen molar-refractivity contribution in [1.82, 2.24) is 0 Å². The van der Waals surface area contributed by atoms with Crippen molar-refractivity contribution in [3.8, 4) is 11.1 Å². The molecule has 1 aliphatic rings. The van der Waals surface area contributed by atoms with E-state index < -0.39 is 17.4 Å². The minimum Gasteiger partial charge on any atom is -0.207 e. The zero-order valence-electron chi connectivity index (χ0n) is 16.9. The molecular formula is C28H18F4. The molecule has 158 valence electrons. The molecule has 0 spiro atoms. The predicted octanol–water partition coefficient (Wildman–Crippen LogP) is 7.92. The lowest BCUT2D eigenvalue weighted by molar-refractivity contribution is -0.149. The number of benzene rings is 4. The molecular weight excluding hydrogens is 412 g/mol. The Labute approximate surface area is 183 Å². The second-order valence-corrected chi connectivity index (χ2v) is 7.81. The van der Waals surface area contributed by atoms with Gasteiger partial charge in [0, 0.05) is 0 Å². The molecule has 0 aliphatic heterocycles. The van der Waals surface area contributed by atoms with Gasteiger partial charge in [-0.15, -0.1) is 0 Å². The molecule has 0 saturated heterocycles. The maximum Gasteiger partial charge on any atom is 0.406 e. The SMILES string of the molecule is Fc1ccc(C2=C(c3ccccc3)C2(c2ccc(-c3ccccc3)cc2)C(F)(F)F)cc1. The van der Waals surface area contributed by atoms with E-state index in [9.17, 15) is 17.6 Å². The van der Waals surface area contributed by atoms with Gasteiger partial charge in [0.2, 0.25) is 0 Å². The number of hydrogen-bond acceptors (Lipinski definition) is 0. The third-order valence-electron chi connectivity index (χ3n) is 5.98. The van der Waals surface area contributed by atoms with E-state index in [0.29, 0.717) is 11.1 Å². The van der Waals surface area contributed by atoms with Crippen LogP contribution in [-0.4, -0.2) is 6.18 Å². The van der Waals surface area contributed by atoms with E-state index in [4.69, 9.17) is 0 Å². The van der Waals surface area contributed by atoms with Crippen LogP contribution in [0.2, 0.25) is 0 Å². The van der Waals surface area contributed by atoms with Gasteiger partial charge in [0.15, 0.2) is 0 Å². The third kappa shape index (κ3) is 3.14. The van der Waals surface area contributed by atoms with Crippen LogP contribution in [0, 0.1) is 5.82 Å². The Morgan fingerprint density at radius 2 is 0.875 bits per heavy atom. The second-order valence-electron chi connectivity index (χ2n) is 7.81. The monoisotopic (exact) mass is 430 g/mol. The first-order valence-corrected chi connectivity index (χ1v) is 10.2. The molecule has 0 fully saturated rings. The minimum atomic E-state index is -4.56. The first-order valence-electron chi connectivity index (χ1n) is 10.2. The van der Waals surface area contributed by atoms with Crippen LogP contribution in [0.25, 0.3) is 22.3 Å². The van der Waals surface area contributed by atoms with Gasteiger partial charge in [-0.25, -0.2) is 4.39 Å². The van der Waals surface area contributed by atoms with Gasteiger partial charge < -0.3 is 0 Å². The Morgan fingerprint density at radius 1 is 0.469 bits per heavy atom. The predicted molar refractivity (Wildman–Crippen MR) is 119 cm³/mol.